The number of rotatable bonds is 3. The first-order valence-electron chi connectivity index (χ1n) is 8.49. The fraction of sp³-hybridized carbons (Fsp3) is 0.611. The Morgan fingerprint density at radius 1 is 1.35 bits per heavy atom. The van der Waals surface area contributed by atoms with Gasteiger partial charge in [0.2, 0.25) is 0 Å². The summed E-state index contributed by atoms with van der Waals surface area (Å²) < 4.78 is 11.1. The molecule has 0 aliphatic carbocycles. The molecular formula is C18H26N2O3. The van der Waals surface area contributed by atoms with Gasteiger partial charge in [-0.25, -0.2) is 4.79 Å². The lowest BCUT2D eigenvalue weighted by atomic mass is 9.80. The summed E-state index contributed by atoms with van der Waals surface area (Å²) in [6, 6.07) is 5.79. The van der Waals surface area contributed by atoms with E-state index in [0.717, 1.165) is 62.6 Å². The Labute approximate surface area is 137 Å². The average molecular weight is 318 g/mol. The number of nitrogens with one attached hydrogen (secondary N) is 1. The number of urea groups is 1. The molecule has 23 heavy (non-hydrogen) atoms. The van der Waals surface area contributed by atoms with Crippen LogP contribution in [0.25, 0.3) is 0 Å². The summed E-state index contributed by atoms with van der Waals surface area (Å²) in [5.41, 5.74) is 2.14. The van der Waals surface area contributed by atoms with E-state index in [1.165, 1.54) is 0 Å². The van der Waals surface area contributed by atoms with Gasteiger partial charge in [0.1, 0.15) is 5.75 Å². The number of amides is 2. The number of hydrogen-bond donors (Lipinski definition) is 1. The van der Waals surface area contributed by atoms with Crippen LogP contribution in [0, 0.1) is 12.3 Å². The van der Waals surface area contributed by atoms with E-state index in [-0.39, 0.29) is 11.4 Å². The minimum absolute atomic E-state index is 0.0142. The summed E-state index contributed by atoms with van der Waals surface area (Å²) in [5.74, 6) is 0.827. The van der Waals surface area contributed by atoms with Crippen LogP contribution in [0.4, 0.5) is 10.5 Å². The molecule has 1 aromatic carbocycles. The summed E-state index contributed by atoms with van der Waals surface area (Å²) in [7, 11) is 0. The number of ether oxygens (including phenoxy) is 2. The molecule has 0 unspecified atom stereocenters. The van der Waals surface area contributed by atoms with Crippen molar-refractivity contribution in [1.82, 2.24) is 4.90 Å². The Bertz CT molecular complexity index is 567. The molecule has 0 radical (unpaired) electrons. The van der Waals surface area contributed by atoms with Crippen LogP contribution in [0.15, 0.2) is 18.2 Å². The van der Waals surface area contributed by atoms with Gasteiger partial charge in [0, 0.05) is 38.1 Å². The zero-order valence-corrected chi connectivity index (χ0v) is 14.1. The number of carbonyl (C=O) groups is 1. The molecule has 2 aliphatic heterocycles. The Morgan fingerprint density at radius 2 is 2.13 bits per heavy atom. The lowest BCUT2D eigenvalue weighted by molar-refractivity contribution is 0.0211. The molecule has 5 heteroatoms. The zero-order valence-electron chi connectivity index (χ0n) is 14.1. The van der Waals surface area contributed by atoms with Gasteiger partial charge in [0.15, 0.2) is 0 Å². The van der Waals surface area contributed by atoms with Gasteiger partial charge in [0.05, 0.1) is 6.61 Å². The van der Waals surface area contributed by atoms with E-state index in [1.54, 1.807) is 0 Å². The van der Waals surface area contributed by atoms with E-state index in [9.17, 15) is 4.79 Å². The number of hydrogen-bond acceptors (Lipinski definition) is 3. The highest BCUT2D eigenvalue weighted by atomic mass is 16.5. The van der Waals surface area contributed by atoms with Crippen LogP contribution in [0.5, 0.6) is 5.75 Å². The first-order valence-corrected chi connectivity index (χ1v) is 8.49. The van der Waals surface area contributed by atoms with Crippen LogP contribution in [-0.4, -0.2) is 43.8 Å². The molecule has 3 rings (SSSR count). The van der Waals surface area contributed by atoms with Crippen molar-refractivity contribution in [2.75, 3.05) is 38.2 Å². The summed E-state index contributed by atoms with van der Waals surface area (Å²) in [5, 5.41) is 3.01. The first-order chi connectivity index (χ1) is 11.1. The SMILES string of the molecule is CCOc1cc(NC(=O)N2CCC3(CCOCC3)C2)ccc1C. The van der Waals surface area contributed by atoms with Gasteiger partial charge in [0.25, 0.3) is 0 Å². The summed E-state index contributed by atoms with van der Waals surface area (Å²) in [4.78, 5) is 14.5. The Kier molecular flexibility index (Phi) is 4.76. The van der Waals surface area contributed by atoms with Gasteiger partial charge in [-0.2, -0.15) is 0 Å². The number of aryl methyl sites for hydroxylation is 1. The number of carbonyl (C=O) groups excluding carboxylic acids is 1. The Morgan fingerprint density at radius 3 is 2.87 bits per heavy atom. The molecule has 0 bridgehead atoms. The minimum Gasteiger partial charge on any atom is -0.494 e. The maximum Gasteiger partial charge on any atom is 0.321 e. The molecule has 1 aromatic rings. The molecule has 2 saturated heterocycles. The van der Waals surface area contributed by atoms with E-state index in [2.05, 4.69) is 5.32 Å². The van der Waals surface area contributed by atoms with Crippen molar-refractivity contribution >= 4 is 11.7 Å². The quantitative estimate of drug-likeness (QED) is 0.929. The highest BCUT2D eigenvalue weighted by molar-refractivity contribution is 5.89. The Hall–Kier alpha value is -1.75. The number of likely N-dealkylation sites (tertiary alicyclic amines) is 1. The second-order valence-electron chi connectivity index (χ2n) is 6.63. The van der Waals surface area contributed by atoms with E-state index in [0.29, 0.717) is 6.61 Å². The summed E-state index contributed by atoms with van der Waals surface area (Å²) in [6.45, 7) is 7.90. The number of benzene rings is 1. The van der Waals surface area contributed by atoms with Gasteiger partial charge in [-0.3, -0.25) is 0 Å². The largest absolute Gasteiger partial charge is 0.494 e. The van der Waals surface area contributed by atoms with Crippen LogP contribution in [0.3, 0.4) is 0 Å². The van der Waals surface area contributed by atoms with E-state index in [4.69, 9.17) is 9.47 Å². The maximum absolute atomic E-state index is 12.5. The number of nitrogens with zero attached hydrogens (tertiary/aromatic N) is 1. The van der Waals surface area contributed by atoms with E-state index < -0.39 is 0 Å². The molecular weight excluding hydrogens is 292 g/mol. The molecule has 2 aliphatic rings. The molecule has 1 N–H and O–H groups in total. The van der Waals surface area contributed by atoms with Crippen molar-refractivity contribution in [2.24, 2.45) is 5.41 Å². The predicted octanol–water partition coefficient (Wildman–Crippen LogP) is 3.43. The highest BCUT2D eigenvalue weighted by Gasteiger charge is 2.40. The third-order valence-corrected chi connectivity index (χ3v) is 5.02. The second kappa shape index (κ2) is 6.79. The van der Waals surface area contributed by atoms with Crippen LogP contribution in [0.2, 0.25) is 0 Å². The zero-order chi connectivity index (χ0) is 16.3. The topological polar surface area (TPSA) is 50.8 Å². The molecule has 5 nitrogen and oxygen atoms in total. The van der Waals surface area contributed by atoms with Gasteiger partial charge in [-0.1, -0.05) is 6.07 Å². The van der Waals surface area contributed by atoms with Crippen LogP contribution >= 0.6 is 0 Å². The maximum atomic E-state index is 12.5. The van der Waals surface area contributed by atoms with Gasteiger partial charge < -0.3 is 19.7 Å². The van der Waals surface area contributed by atoms with Crippen molar-refractivity contribution in [2.45, 2.75) is 33.1 Å². The summed E-state index contributed by atoms with van der Waals surface area (Å²) in [6.07, 6.45) is 3.22. The van der Waals surface area contributed by atoms with Crippen molar-refractivity contribution < 1.29 is 14.3 Å². The molecule has 0 saturated carbocycles. The number of anilines is 1. The lowest BCUT2D eigenvalue weighted by Gasteiger charge is -2.33. The third-order valence-electron chi connectivity index (χ3n) is 5.02. The highest BCUT2D eigenvalue weighted by Crippen LogP contribution is 2.39. The normalized spacial score (nSPS) is 19.8. The van der Waals surface area contributed by atoms with Crippen molar-refractivity contribution in [3.63, 3.8) is 0 Å². The molecule has 126 valence electrons. The molecule has 0 aromatic heterocycles. The minimum atomic E-state index is -0.0142. The van der Waals surface area contributed by atoms with Gasteiger partial charge in [-0.05, 0) is 50.2 Å². The molecule has 0 atom stereocenters. The second-order valence-corrected chi connectivity index (χ2v) is 6.63. The molecule has 1 spiro atoms. The van der Waals surface area contributed by atoms with Gasteiger partial charge in [-0.15, -0.1) is 0 Å². The molecule has 2 fully saturated rings. The van der Waals surface area contributed by atoms with Crippen molar-refractivity contribution in [3.05, 3.63) is 23.8 Å². The van der Waals surface area contributed by atoms with Crippen molar-refractivity contribution in [3.8, 4) is 5.75 Å². The fourth-order valence-electron chi connectivity index (χ4n) is 3.51. The molecule has 2 amide bonds. The van der Waals surface area contributed by atoms with Crippen LogP contribution in [-0.2, 0) is 4.74 Å². The fourth-order valence-corrected chi connectivity index (χ4v) is 3.51. The van der Waals surface area contributed by atoms with E-state index >= 15 is 0 Å². The monoisotopic (exact) mass is 318 g/mol. The van der Waals surface area contributed by atoms with Crippen LogP contribution < -0.4 is 10.1 Å². The summed E-state index contributed by atoms with van der Waals surface area (Å²) >= 11 is 0. The van der Waals surface area contributed by atoms with E-state index in [1.807, 2.05) is 36.9 Å². The Balaban J connectivity index is 1.62. The standard InChI is InChI=1S/C18H26N2O3/c1-3-23-16-12-15(5-4-14(16)2)19-17(21)20-9-6-18(13-20)7-10-22-11-8-18/h4-5,12H,3,6-11,13H2,1-2H3,(H,19,21). The smallest absolute Gasteiger partial charge is 0.321 e. The van der Waals surface area contributed by atoms with Crippen molar-refractivity contribution in [1.29, 1.82) is 0 Å². The van der Waals surface area contributed by atoms with Crippen LogP contribution in [0.1, 0.15) is 31.7 Å². The predicted molar refractivity (Wildman–Crippen MR) is 90.0 cm³/mol. The third kappa shape index (κ3) is 3.61. The first kappa shape index (κ1) is 16.1. The average Bonchev–Trinajstić information content (AvgIpc) is 2.95. The van der Waals surface area contributed by atoms with Gasteiger partial charge >= 0.3 is 6.03 Å². The molecule has 2 heterocycles. The lowest BCUT2D eigenvalue weighted by Crippen LogP contribution is -2.37.